The second-order valence-corrected chi connectivity index (χ2v) is 4.84. The minimum Gasteiger partial charge on any atom is -0.496 e. The lowest BCUT2D eigenvalue weighted by Crippen LogP contribution is -1.91. The van der Waals surface area contributed by atoms with Gasteiger partial charge in [-0.3, -0.25) is 0 Å². The summed E-state index contributed by atoms with van der Waals surface area (Å²) in [5.74, 6) is 4.04. The summed E-state index contributed by atoms with van der Waals surface area (Å²) in [5, 5.41) is 0. The first-order chi connectivity index (χ1) is 9.15. The normalized spacial score (nSPS) is 10.3. The summed E-state index contributed by atoms with van der Waals surface area (Å²) in [5.41, 5.74) is 4.35. The molecule has 1 heteroatoms. The Balaban J connectivity index is 2.48. The summed E-state index contributed by atoms with van der Waals surface area (Å²) in [6.45, 7) is 4.38. The zero-order chi connectivity index (χ0) is 13.8. The fraction of sp³-hybridized carbons (Fsp3) is 0.222. The Hall–Kier alpha value is -2.20. The summed E-state index contributed by atoms with van der Waals surface area (Å²) >= 11 is 0. The molecule has 0 saturated heterocycles. The Morgan fingerprint density at radius 2 is 1.74 bits per heavy atom. The van der Waals surface area contributed by atoms with Crippen molar-refractivity contribution in [3.05, 3.63) is 53.6 Å². The fourth-order valence-electron chi connectivity index (χ4n) is 2.07. The summed E-state index contributed by atoms with van der Waals surface area (Å²) in [7, 11) is 1.68. The van der Waals surface area contributed by atoms with Crippen molar-refractivity contribution in [3.63, 3.8) is 0 Å². The highest BCUT2D eigenvalue weighted by Gasteiger charge is 2.07. The van der Waals surface area contributed by atoms with E-state index in [2.05, 4.69) is 44.0 Å². The molecule has 19 heavy (non-hydrogen) atoms. The van der Waals surface area contributed by atoms with Crippen LogP contribution < -0.4 is 4.74 Å². The van der Waals surface area contributed by atoms with E-state index in [1.165, 1.54) is 5.56 Å². The predicted octanol–water partition coefficient (Wildman–Crippen LogP) is 4.47. The lowest BCUT2D eigenvalue weighted by Gasteiger charge is -2.11. The maximum atomic E-state index is 5.46. The van der Waals surface area contributed by atoms with Crippen LogP contribution in [0.1, 0.15) is 30.9 Å². The molecule has 96 valence electrons. The van der Waals surface area contributed by atoms with Gasteiger partial charge in [0, 0.05) is 11.1 Å². The zero-order valence-electron chi connectivity index (χ0n) is 11.6. The Bertz CT molecular complexity index is 601. The van der Waals surface area contributed by atoms with E-state index in [0.29, 0.717) is 5.92 Å². The van der Waals surface area contributed by atoms with Crippen molar-refractivity contribution in [2.24, 2.45) is 0 Å². The van der Waals surface area contributed by atoms with E-state index in [-0.39, 0.29) is 0 Å². The molecule has 0 fully saturated rings. The van der Waals surface area contributed by atoms with E-state index >= 15 is 0 Å². The van der Waals surface area contributed by atoms with Crippen molar-refractivity contribution in [3.8, 4) is 29.2 Å². The first-order valence-corrected chi connectivity index (χ1v) is 6.40. The van der Waals surface area contributed by atoms with E-state index in [0.717, 1.165) is 22.4 Å². The fourth-order valence-corrected chi connectivity index (χ4v) is 2.07. The van der Waals surface area contributed by atoms with Crippen LogP contribution in [0.4, 0.5) is 0 Å². The maximum Gasteiger partial charge on any atom is 0.126 e. The Labute approximate surface area is 115 Å². The summed E-state index contributed by atoms with van der Waals surface area (Å²) in [6.07, 6.45) is 5.46. The van der Waals surface area contributed by atoms with Gasteiger partial charge < -0.3 is 4.74 Å². The van der Waals surface area contributed by atoms with Crippen LogP contribution in [0.5, 0.6) is 5.75 Å². The van der Waals surface area contributed by atoms with Crippen LogP contribution in [-0.4, -0.2) is 7.11 Å². The van der Waals surface area contributed by atoms with Crippen LogP contribution in [0, 0.1) is 12.3 Å². The molecule has 0 aliphatic heterocycles. The van der Waals surface area contributed by atoms with Crippen LogP contribution >= 0.6 is 0 Å². The largest absolute Gasteiger partial charge is 0.496 e. The van der Waals surface area contributed by atoms with E-state index in [1.54, 1.807) is 7.11 Å². The molecule has 0 aliphatic rings. The molecule has 0 saturated carbocycles. The third-order valence-electron chi connectivity index (χ3n) is 3.25. The molecule has 1 nitrogen and oxygen atoms in total. The van der Waals surface area contributed by atoms with Gasteiger partial charge in [-0.15, -0.1) is 6.42 Å². The summed E-state index contributed by atoms with van der Waals surface area (Å²) in [6, 6.07) is 14.3. The van der Waals surface area contributed by atoms with Gasteiger partial charge in [0.1, 0.15) is 5.75 Å². The molecule has 0 amide bonds. The molecule has 2 rings (SSSR count). The van der Waals surface area contributed by atoms with Crippen LogP contribution in [0.2, 0.25) is 0 Å². The average molecular weight is 250 g/mol. The topological polar surface area (TPSA) is 9.23 Å². The van der Waals surface area contributed by atoms with E-state index in [4.69, 9.17) is 11.2 Å². The number of benzene rings is 2. The highest BCUT2D eigenvalue weighted by atomic mass is 16.5. The number of hydrogen-bond acceptors (Lipinski definition) is 1. The molecular formula is C18H18O. The summed E-state index contributed by atoms with van der Waals surface area (Å²) in [4.78, 5) is 0. The van der Waals surface area contributed by atoms with E-state index < -0.39 is 0 Å². The van der Waals surface area contributed by atoms with Crippen LogP contribution in [0.25, 0.3) is 11.1 Å². The maximum absolute atomic E-state index is 5.46. The van der Waals surface area contributed by atoms with Crippen molar-refractivity contribution in [2.45, 2.75) is 19.8 Å². The van der Waals surface area contributed by atoms with Crippen LogP contribution in [0.3, 0.4) is 0 Å². The molecule has 0 N–H and O–H groups in total. The number of hydrogen-bond donors (Lipinski definition) is 0. The molecule has 0 heterocycles. The Morgan fingerprint density at radius 1 is 1.05 bits per heavy atom. The van der Waals surface area contributed by atoms with Gasteiger partial charge in [-0.25, -0.2) is 0 Å². The number of ether oxygens (including phenoxy) is 1. The van der Waals surface area contributed by atoms with Crippen molar-refractivity contribution in [1.82, 2.24) is 0 Å². The van der Waals surface area contributed by atoms with E-state index in [1.807, 2.05) is 18.2 Å². The first kappa shape index (κ1) is 13.2. The highest BCUT2D eigenvalue weighted by molar-refractivity contribution is 5.72. The molecule has 0 atom stereocenters. The third kappa shape index (κ3) is 2.80. The van der Waals surface area contributed by atoms with Crippen molar-refractivity contribution < 1.29 is 4.74 Å². The molecular weight excluding hydrogens is 232 g/mol. The standard InChI is InChI=1S/C18H18O/c1-5-14-6-11-18(19-4)17(12-14)16-9-7-15(8-10-16)13(2)3/h1,6-13H,2-4H3. The quantitative estimate of drug-likeness (QED) is 0.730. The molecule has 2 aromatic carbocycles. The molecule has 0 aliphatic carbocycles. The molecule has 0 spiro atoms. The third-order valence-corrected chi connectivity index (χ3v) is 3.25. The number of methoxy groups -OCH3 is 1. The average Bonchev–Trinajstić information content (AvgIpc) is 2.46. The van der Waals surface area contributed by atoms with Crippen molar-refractivity contribution >= 4 is 0 Å². The lowest BCUT2D eigenvalue weighted by atomic mass is 9.97. The molecule has 0 unspecified atom stereocenters. The Morgan fingerprint density at radius 3 is 2.26 bits per heavy atom. The second kappa shape index (κ2) is 5.63. The number of rotatable bonds is 3. The SMILES string of the molecule is C#Cc1ccc(OC)c(-c2ccc(C(C)C)cc2)c1. The smallest absolute Gasteiger partial charge is 0.126 e. The highest BCUT2D eigenvalue weighted by Crippen LogP contribution is 2.31. The van der Waals surface area contributed by atoms with Gasteiger partial charge in [0.25, 0.3) is 0 Å². The van der Waals surface area contributed by atoms with Crippen molar-refractivity contribution in [1.29, 1.82) is 0 Å². The monoisotopic (exact) mass is 250 g/mol. The van der Waals surface area contributed by atoms with Gasteiger partial charge in [0.15, 0.2) is 0 Å². The molecule has 2 aromatic rings. The molecule has 0 bridgehead atoms. The minimum absolute atomic E-state index is 0.535. The molecule has 0 radical (unpaired) electrons. The molecule has 0 aromatic heterocycles. The number of terminal acetylenes is 1. The van der Waals surface area contributed by atoms with E-state index in [9.17, 15) is 0 Å². The van der Waals surface area contributed by atoms with Crippen molar-refractivity contribution in [2.75, 3.05) is 7.11 Å². The van der Waals surface area contributed by atoms with Gasteiger partial charge in [-0.1, -0.05) is 44.0 Å². The first-order valence-electron chi connectivity index (χ1n) is 6.40. The van der Waals surface area contributed by atoms with Crippen LogP contribution in [0.15, 0.2) is 42.5 Å². The minimum atomic E-state index is 0.535. The van der Waals surface area contributed by atoms with Crippen LogP contribution in [-0.2, 0) is 0 Å². The zero-order valence-corrected chi connectivity index (χ0v) is 11.6. The second-order valence-electron chi connectivity index (χ2n) is 4.84. The lowest BCUT2D eigenvalue weighted by molar-refractivity contribution is 0.416. The summed E-state index contributed by atoms with van der Waals surface area (Å²) < 4.78 is 5.41. The Kier molecular flexibility index (Phi) is 3.92. The van der Waals surface area contributed by atoms with Gasteiger partial charge >= 0.3 is 0 Å². The van der Waals surface area contributed by atoms with Gasteiger partial charge in [0.05, 0.1) is 7.11 Å². The predicted molar refractivity (Wildman–Crippen MR) is 80.5 cm³/mol. The van der Waals surface area contributed by atoms with Gasteiger partial charge in [-0.2, -0.15) is 0 Å². The van der Waals surface area contributed by atoms with Gasteiger partial charge in [-0.05, 0) is 35.2 Å². The van der Waals surface area contributed by atoms with Gasteiger partial charge in [0.2, 0.25) is 0 Å².